The van der Waals surface area contributed by atoms with Gasteiger partial charge in [-0.2, -0.15) is 0 Å². The molecule has 0 aromatic heterocycles. The van der Waals surface area contributed by atoms with Crippen molar-refractivity contribution in [2.75, 3.05) is 32.5 Å². The van der Waals surface area contributed by atoms with Crippen molar-refractivity contribution in [3.63, 3.8) is 0 Å². The van der Waals surface area contributed by atoms with E-state index in [1.165, 1.54) is 77.0 Å². The van der Waals surface area contributed by atoms with Crippen LogP contribution in [-0.4, -0.2) is 38.8 Å². The Kier molecular flexibility index (Phi) is 20.1. The zero-order chi connectivity index (χ0) is 19.3. The summed E-state index contributed by atoms with van der Waals surface area (Å²) in [4.78, 5) is 0. The molecule has 1 N–H and O–H groups in total. The molecule has 0 aromatic rings. The van der Waals surface area contributed by atoms with Gasteiger partial charge in [0.1, 0.15) is 7.34 Å². The third-order valence-electron chi connectivity index (χ3n) is 4.79. The van der Waals surface area contributed by atoms with Crippen LogP contribution in [0.1, 0.15) is 104 Å². The topological polar surface area (TPSA) is 30.5 Å². The van der Waals surface area contributed by atoms with Crippen LogP contribution in [0.2, 0.25) is 0 Å². The molecule has 4 heteroatoms. The highest BCUT2D eigenvalue weighted by molar-refractivity contribution is 7.64. The lowest BCUT2D eigenvalue weighted by molar-refractivity contribution is 0.264. The van der Waals surface area contributed by atoms with Gasteiger partial charge < -0.3 is 14.4 Å². The Morgan fingerprint density at radius 1 is 0.615 bits per heavy atom. The monoisotopic (exact) mass is 389 g/mol. The van der Waals surface area contributed by atoms with Gasteiger partial charge in [0.25, 0.3) is 0 Å². The quantitative estimate of drug-likeness (QED) is 0.169. The molecule has 3 nitrogen and oxygen atoms in total. The number of nitrogens with one attached hydrogen (secondary N) is 1. The van der Waals surface area contributed by atoms with Gasteiger partial charge in [-0.25, -0.2) is 0 Å². The first-order valence-electron chi connectivity index (χ1n) is 11.4. The molecule has 0 bridgehead atoms. The molecule has 158 valence electrons. The van der Waals surface area contributed by atoms with Crippen LogP contribution in [0.25, 0.3) is 0 Å². The van der Waals surface area contributed by atoms with E-state index in [4.69, 9.17) is 9.05 Å². The van der Waals surface area contributed by atoms with Gasteiger partial charge >= 0.3 is 0 Å². The van der Waals surface area contributed by atoms with Crippen LogP contribution in [-0.2, 0) is 9.05 Å². The fourth-order valence-corrected chi connectivity index (χ4v) is 5.21. The molecule has 0 aliphatic carbocycles. The lowest BCUT2D eigenvalue weighted by atomic mass is 10.1. The molecule has 0 saturated carbocycles. The summed E-state index contributed by atoms with van der Waals surface area (Å²) in [7, 11) is -1.85. The van der Waals surface area contributed by atoms with Gasteiger partial charge in [0.2, 0.25) is 0 Å². The third-order valence-corrected chi connectivity index (χ3v) is 7.24. The number of hydrogen-bond acceptors (Lipinski definition) is 3. The highest BCUT2D eigenvalue weighted by Gasteiger charge is 2.13. The SMILES string of the molecule is C=P(CCCNCCCCCCCCCCCCCC)(OCC)OCC. The molecule has 0 amide bonds. The first kappa shape index (κ1) is 26.2. The van der Waals surface area contributed by atoms with Gasteiger partial charge in [0.15, 0.2) is 0 Å². The molecule has 26 heavy (non-hydrogen) atoms. The molecule has 0 rings (SSSR count). The van der Waals surface area contributed by atoms with Crippen molar-refractivity contribution < 1.29 is 9.05 Å². The molecule has 0 spiro atoms. The van der Waals surface area contributed by atoms with Crippen molar-refractivity contribution >= 4 is 13.6 Å². The molecular weight excluding hydrogens is 341 g/mol. The average Bonchev–Trinajstić information content (AvgIpc) is 2.62. The van der Waals surface area contributed by atoms with Crippen molar-refractivity contribution in [3.05, 3.63) is 0 Å². The summed E-state index contributed by atoms with van der Waals surface area (Å²) in [5.41, 5.74) is 0. The van der Waals surface area contributed by atoms with Gasteiger partial charge in [-0.05, 0) is 39.8 Å². The van der Waals surface area contributed by atoms with Gasteiger partial charge in [0.05, 0.1) is 13.2 Å². The van der Waals surface area contributed by atoms with E-state index in [0.29, 0.717) is 13.2 Å². The van der Waals surface area contributed by atoms with Crippen LogP contribution in [0.5, 0.6) is 0 Å². The van der Waals surface area contributed by atoms with Gasteiger partial charge in [-0.15, -0.1) is 0 Å². The summed E-state index contributed by atoms with van der Waals surface area (Å²) in [6.45, 7) is 9.91. The largest absolute Gasteiger partial charge is 0.338 e. The fourth-order valence-electron chi connectivity index (χ4n) is 3.30. The molecule has 0 aliphatic heterocycles. The lowest BCUT2D eigenvalue weighted by Crippen LogP contribution is -2.18. The molecule has 0 aliphatic rings. The zero-order valence-electron chi connectivity index (χ0n) is 18.2. The minimum Gasteiger partial charge on any atom is -0.338 e. The first-order chi connectivity index (χ1) is 12.7. The van der Waals surface area contributed by atoms with Crippen LogP contribution in [0.15, 0.2) is 0 Å². The van der Waals surface area contributed by atoms with E-state index in [0.717, 1.165) is 25.7 Å². The Hall–Kier alpha value is 0.180. The lowest BCUT2D eigenvalue weighted by Gasteiger charge is -2.23. The summed E-state index contributed by atoms with van der Waals surface area (Å²) in [6, 6.07) is 0. The summed E-state index contributed by atoms with van der Waals surface area (Å²) < 4.78 is 11.5. The molecule has 0 atom stereocenters. The Labute approximate surface area is 165 Å². The summed E-state index contributed by atoms with van der Waals surface area (Å²) in [5.74, 6) is 0. The van der Waals surface area contributed by atoms with E-state index in [1.807, 2.05) is 13.8 Å². The molecule has 0 unspecified atom stereocenters. The van der Waals surface area contributed by atoms with Gasteiger partial charge in [0, 0.05) is 6.16 Å². The normalized spacial score (nSPS) is 12.0. The minimum absolute atomic E-state index is 0.698. The van der Waals surface area contributed by atoms with Crippen LogP contribution in [0.4, 0.5) is 0 Å². The molecule has 0 aromatic carbocycles. The van der Waals surface area contributed by atoms with E-state index in [-0.39, 0.29) is 0 Å². The van der Waals surface area contributed by atoms with E-state index in [1.54, 1.807) is 0 Å². The third kappa shape index (κ3) is 17.6. The van der Waals surface area contributed by atoms with Crippen LogP contribution < -0.4 is 5.32 Å². The van der Waals surface area contributed by atoms with Crippen molar-refractivity contribution in [1.82, 2.24) is 5.32 Å². The maximum absolute atomic E-state index is 5.74. The Morgan fingerprint density at radius 3 is 1.50 bits per heavy atom. The van der Waals surface area contributed by atoms with Crippen molar-refractivity contribution in [2.45, 2.75) is 104 Å². The van der Waals surface area contributed by atoms with Crippen molar-refractivity contribution in [3.8, 4) is 0 Å². The first-order valence-corrected chi connectivity index (χ1v) is 13.4. The number of hydrogen-bond donors (Lipinski definition) is 1. The second-order valence-electron chi connectivity index (χ2n) is 7.37. The van der Waals surface area contributed by atoms with Crippen LogP contribution in [0, 0.1) is 0 Å². The van der Waals surface area contributed by atoms with Crippen molar-refractivity contribution in [2.24, 2.45) is 0 Å². The Morgan fingerprint density at radius 2 is 1.04 bits per heavy atom. The molecule has 0 saturated heterocycles. The highest BCUT2D eigenvalue weighted by Crippen LogP contribution is 2.47. The molecule has 0 heterocycles. The number of unbranched alkanes of at least 4 members (excludes halogenated alkanes) is 11. The van der Waals surface area contributed by atoms with Crippen LogP contribution >= 0.6 is 7.34 Å². The summed E-state index contributed by atoms with van der Waals surface area (Å²) >= 11 is 0. The van der Waals surface area contributed by atoms with Crippen LogP contribution in [0.3, 0.4) is 0 Å². The van der Waals surface area contributed by atoms with E-state index >= 15 is 0 Å². The fraction of sp³-hybridized carbons (Fsp3) is 0.955. The Bertz CT molecular complexity index is 313. The molecule has 0 fully saturated rings. The van der Waals surface area contributed by atoms with Gasteiger partial charge in [-0.1, -0.05) is 83.9 Å². The van der Waals surface area contributed by atoms with E-state index < -0.39 is 7.34 Å². The maximum atomic E-state index is 5.74. The smallest absolute Gasteiger partial charge is 0.117 e. The standard InChI is InChI=1S/C22H48NO2P/c1-5-8-9-10-11-12-13-14-15-16-17-18-20-23-21-19-22-26(4,24-6-2)25-7-3/h23H,4-22H2,1-3H3. The molecule has 0 radical (unpaired) electrons. The second kappa shape index (κ2) is 19.9. The summed E-state index contributed by atoms with van der Waals surface area (Å²) in [6.07, 6.45) is 23.2. The second-order valence-corrected chi connectivity index (χ2v) is 9.96. The molecular formula is C22H48NO2P. The highest BCUT2D eigenvalue weighted by atomic mass is 31.2. The van der Waals surface area contributed by atoms with Gasteiger partial charge in [-0.3, -0.25) is 0 Å². The van der Waals surface area contributed by atoms with E-state index in [9.17, 15) is 0 Å². The Balaban J connectivity index is 3.27. The van der Waals surface area contributed by atoms with E-state index in [2.05, 4.69) is 18.5 Å². The zero-order valence-corrected chi connectivity index (χ0v) is 19.1. The minimum atomic E-state index is -1.85. The maximum Gasteiger partial charge on any atom is 0.117 e. The van der Waals surface area contributed by atoms with Crippen molar-refractivity contribution in [1.29, 1.82) is 0 Å². The summed E-state index contributed by atoms with van der Waals surface area (Å²) in [5, 5.41) is 3.56. The predicted molar refractivity (Wildman–Crippen MR) is 121 cm³/mol. The predicted octanol–water partition coefficient (Wildman–Crippen LogP) is 7.02. The average molecular weight is 390 g/mol. The number of rotatable bonds is 21.